The smallest absolute Gasteiger partial charge is 0.306 e. The Morgan fingerprint density at radius 1 is 1.21 bits per heavy atom. The zero-order valence-electron chi connectivity index (χ0n) is 13.6. The van der Waals surface area contributed by atoms with Crippen LogP contribution in [-0.4, -0.2) is 48.9 Å². The maximum Gasteiger partial charge on any atom is 0.306 e. The van der Waals surface area contributed by atoms with Gasteiger partial charge in [-0.1, -0.05) is 12.1 Å². The van der Waals surface area contributed by atoms with Crippen LogP contribution in [0.2, 0.25) is 0 Å². The number of hydrogen-bond acceptors (Lipinski definition) is 4. The maximum absolute atomic E-state index is 13.6. The van der Waals surface area contributed by atoms with E-state index in [0.717, 1.165) is 0 Å². The molecule has 0 saturated carbocycles. The Labute approximate surface area is 140 Å². The SMILES string of the molecule is COC(=O)CCC(=O)N1CCC(NC(=O)c2ccccc2F)CC1. The lowest BCUT2D eigenvalue weighted by molar-refractivity contribution is -0.143. The first-order valence-corrected chi connectivity index (χ1v) is 7.91. The van der Waals surface area contributed by atoms with Crippen molar-refractivity contribution >= 4 is 17.8 Å². The van der Waals surface area contributed by atoms with Crippen molar-refractivity contribution in [3.63, 3.8) is 0 Å². The van der Waals surface area contributed by atoms with Gasteiger partial charge >= 0.3 is 5.97 Å². The average Bonchev–Trinajstić information content (AvgIpc) is 2.60. The largest absolute Gasteiger partial charge is 0.469 e. The Hall–Kier alpha value is -2.44. The number of ether oxygens (including phenoxy) is 1. The lowest BCUT2D eigenvalue weighted by Crippen LogP contribution is -2.46. The number of likely N-dealkylation sites (tertiary alicyclic amines) is 1. The summed E-state index contributed by atoms with van der Waals surface area (Å²) in [6.45, 7) is 1.00. The van der Waals surface area contributed by atoms with Crippen LogP contribution in [0.5, 0.6) is 0 Å². The number of carbonyl (C=O) groups is 3. The summed E-state index contributed by atoms with van der Waals surface area (Å²) in [5.41, 5.74) is 0.0223. The molecule has 6 nitrogen and oxygen atoms in total. The molecule has 1 heterocycles. The van der Waals surface area contributed by atoms with Crippen molar-refractivity contribution < 1.29 is 23.5 Å². The van der Waals surface area contributed by atoms with E-state index in [9.17, 15) is 18.8 Å². The molecular formula is C17H21FN2O4. The summed E-state index contributed by atoms with van der Waals surface area (Å²) in [7, 11) is 1.29. The second-order valence-electron chi connectivity index (χ2n) is 5.68. The number of nitrogens with zero attached hydrogens (tertiary/aromatic N) is 1. The molecule has 1 aromatic carbocycles. The minimum Gasteiger partial charge on any atom is -0.469 e. The molecule has 1 N–H and O–H groups in total. The van der Waals surface area contributed by atoms with Gasteiger partial charge in [-0.2, -0.15) is 0 Å². The Kier molecular flexibility index (Phi) is 6.28. The van der Waals surface area contributed by atoms with E-state index in [2.05, 4.69) is 10.1 Å². The monoisotopic (exact) mass is 336 g/mol. The van der Waals surface area contributed by atoms with Gasteiger partial charge in [0.25, 0.3) is 5.91 Å². The normalized spacial score (nSPS) is 15.0. The standard InChI is InChI=1S/C17H21FN2O4/c1-24-16(22)7-6-15(21)20-10-8-12(9-11-20)19-17(23)13-4-2-3-5-14(13)18/h2-5,12H,6-11H2,1H3,(H,19,23). The fraction of sp³-hybridized carbons (Fsp3) is 0.471. The molecule has 7 heteroatoms. The first-order chi connectivity index (χ1) is 11.5. The highest BCUT2D eigenvalue weighted by Gasteiger charge is 2.25. The van der Waals surface area contributed by atoms with Gasteiger partial charge in [0.05, 0.1) is 19.1 Å². The lowest BCUT2D eigenvalue weighted by atomic mass is 10.0. The van der Waals surface area contributed by atoms with Crippen molar-refractivity contribution in [2.24, 2.45) is 0 Å². The molecule has 1 aliphatic heterocycles. The molecular weight excluding hydrogens is 315 g/mol. The molecule has 1 fully saturated rings. The van der Waals surface area contributed by atoms with E-state index in [-0.39, 0.29) is 30.4 Å². The van der Waals surface area contributed by atoms with Gasteiger partial charge in [0, 0.05) is 25.6 Å². The Balaban J connectivity index is 1.78. The Bertz CT molecular complexity index is 612. The first-order valence-electron chi connectivity index (χ1n) is 7.91. The summed E-state index contributed by atoms with van der Waals surface area (Å²) in [5.74, 6) is -1.50. The van der Waals surface area contributed by atoms with Crippen molar-refractivity contribution in [2.75, 3.05) is 20.2 Å². The molecule has 0 aromatic heterocycles. The van der Waals surface area contributed by atoms with Crippen molar-refractivity contribution in [1.29, 1.82) is 0 Å². The minimum atomic E-state index is -0.551. The molecule has 0 bridgehead atoms. The van der Waals surface area contributed by atoms with E-state index in [1.807, 2.05) is 0 Å². The summed E-state index contributed by atoms with van der Waals surface area (Å²) < 4.78 is 18.1. The number of carbonyl (C=O) groups excluding carboxylic acids is 3. The number of benzene rings is 1. The van der Waals surface area contributed by atoms with Crippen molar-refractivity contribution in [2.45, 2.75) is 31.7 Å². The van der Waals surface area contributed by atoms with Crippen molar-refractivity contribution in [1.82, 2.24) is 10.2 Å². The number of halogens is 1. The zero-order chi connectivity index (χ0) is 17.5. The van der Waals surface area contributed by atoms with Crippen molar-refractivity contribution in [3.8, 4) is 0 Å². The van der Waals surface area contributed by atoms with E-state index < -0.39 is 17.7 Å². The van der Waals surface area contributed by atoms with Gasteiger partial charge in [-0.25, -0.2) is 4.39 Å². The quantitative estimate of drug-likeness (QED) is 0.827. The van der Waals surface area contributed by atoms with Gasteiger partial charge in [0.2, 0.25) is 5.91 Å². The molecule has 0 unspecified atom stereocenters. The van der Waals surface area contributed by atoms with Crippen LogP contribution < -0.4 is 5.32 Å². The van der Waals surface area contributed by atoms with Crippen molar-refractivity contribution in [3.05, 3.63) is 35.6 Å². The average molecular weight is 336 g/mol. The van der Waals surface area contributed by atoms with Crippen LogP contribution >= 0.6 is 0 Å². The third-order valence-electron chi connectivity index (χ3n) is 4.07. The lowest BCUT2D eigenvalue weighted by Gasteiger charge is -2.32. The van der Waals surface area contributed by atoms with E-state index in [4.69, 9.17) is 0 Å². The van der Waals surface area contributed by atoms with Gasteiger partial charge in [0.15, 0.2) is 0 Å². The molecule has 1 aromatic rings. The highest BCUT2D eigenvalue weighted by Crippen LogP contribution is 2.14. The summed E-state index contributed by atoms with van der Waals surface area (Å²) in [5, 5.41) is 2.80. The van der Waals surface area contributed by atoms with E-state index in [1.54, 1.807) is 11.0 Å². The van der Waals surface area contributed by atoms with Crippen LogP contribution in [0, 0.1) is 5.82 Å². The highest BCUT2D eigenvalue weighted by atomic mass is 19.1. The number of piperidine rings is 1. The first kappa shape index (κ1) is 17.9. The molecule has 24 heavy (non-hydrogen) atoms. The summed E-state index contributed by atoms with van der Waals surface area (Å²) in [6, 6.07) is 5.74. The van der Waals surface area contributed by atoms with Gasteiger partial charge in [-0.05, 0) is 25.0 Å². The van der Waals surface area contributed by atoms with Gasteiger partial charge < -0.3 is 15.0 Å². The number of esters is 1. The number of amides is 2. The predicted octanol–water partition coefficient (Wildman–Crippen LogP) is 1.50. The predicted molar refractivity (Wildman–Crippen MR) is 84.7 cm³/mol. The molecule has 1 saturated heterocycles. The third-order valence-corrected chi connectivity index (χ3v) is 4.07. The summed E-state index contributed by atoms with van der Waals surface area (Å²) in [6.07, 6.45) is 1.40. The fourth-order valence-electron chi connectivity index (χ4n) is 2.65. The van der Waals surface area contributed by atoms with E-state index in [1.165, 1.54) is 25.3 Å². The minimum absolute atomic E-state index is 0.0223. The van der Waals surface area contributed by atoms with Crippen LogP contribution in [0.1, 0.15) is 36.0 Å². The van der Waals surface area contributed by atoms with Crippen LogP contribution in [-0.2, 0) is 14.3 Å². The highest BCUT2D eigenvalue weighted by molar-refractivity contribution is 5.94. The van der Waals surface area contributed by atoms with Crippen LogP contribution in [0.15, 0.2) is 24.3 Å². The molecule has 2 amide bonds. The molecule has 0 spiro atoms. The second-order valence-corrected chi connectivity index (χ2v) is 5.68. The van der Waals surface area contributed by atoms with Gasteiger partial charge in [0.1, 0.15) is 5.82 Å². The number of nitrogens with one attached hydrogen (secondary N) is 1. The number of hydrogen-bond donors (Lipinski definition) is 1. The zero-order valence-corrected chi connectivity index (χ0v) is 13.6. The third kappa shape index (κ3) is 4.78. The molecule has 1 aliphatic rings. The molecule has 0 atom stereocenters. The maximum atomic E-state index is 13.6. The van der Waals surface area contributed by atoms with E-state index >= 15 is 0 Å². The Morgan fingerprint density at radius 2 is 1.88 bits per heavy atom. The Morgan fingerprint density at radius 3 is 2.50 bits per heavy atom. The number of rotatable bonds is 5. The molecule has 2 rings (SSSR count). The molecule has 130 valence electrons. The number of methoxy groups -OCH3 is 1. The van der Waals surface area contributed by atoms with E-state index in [0.29, 0.717) is 25.9 Å². The summed E-state index contributed by atoms with van der Waals surface area (Å²) in [4.78, 5) is 36.8. The topological polar surface area (TPSA) is 75.7 Å². The van der Waals surface area contributed by atoms with Gasteiger partial charge in [-0.3, -0.25) is 14.4 Å². The van der Waals surface area contributed by atoms with Crippen LogP contribution in [0.4, 0.5) is 4.39 Å². The molecule has 0 radical (unpaired) electrons. The van der Waals surface area contributed by atoms with Crippen LogP contribution in [0.25, 0.3) is 0 Å². The second kappa shape index (κ2) is 8.42. The van der Waals surface area contributed by atoms with Gasteiger partial charge in [-0.15, -0.1) is 0 Å². The fourth-order valence-corrected chi connectivity index (χ4v) is 2.65. The molecule has 0 aliphatic carbocycles. The van der Waals surface area contributed by atoms with Crippen LogP contribution in [0.3, 0.4) is 0 Å². The summed E-state index contributed by atoms with van der Waals surface area (Å²) >= 11 is 0.